The van der Waals surface area contributed by atoms with Gasteiger partial charge >= 0.3 is 29.6 Å². The Labute approximate surface area is 228 Å². The summed E-state index contributed by atoms with van der Waals surface area (Å²) in [7, 11) is -3.87. The van der Waals surface area contributed by atoms with Gasteiger partial charge in [-0.15, -0.1) is 0 Å². The van der Waals surface area contributed by atoms with Crippen molar-refractivity contribution in [3.8, 4) is 11.5 Å². The molecular formula is C19H27NaO15S. The van der Waals surface area contributed by atoms with Crippen LogP contribution in [0.3, 0.4) is 0 Å². The van der Waals surface area contributed by atoms with E-state index in [4.69, 9.17) is 23.7 Å². The van der Waals surface area contributed by atoms with Gasteiger partial charge < -0.3 is 58.9 Å². The van der Waals surface area contributed by atoms with Gasteiger partial charge in [0.1, 0.15) is 60.3 Å². The Hall–Kier alpha value is -0.670. The summed E-state index contributed by atoms with van der Waals surface area (Å²) >= 11 is 0. The average Bonchev–Trinajstić information content (AvgIpc) is 2.82. The van der Waals surface area contributed by atoms with Crippen molar-refractivity contribution in [1.82, 2.24) is 0 Å². The number of benzene rings is 1. The molecule has 0 unspecified atom stereocenters. The molecule has 1 aromatic carbocycles. The van der Waals surface area contributed by atoms with Crippen LogP contribution in [0.5, 0.6) is 11.5 Å². The van der Waals surface area contributed by atoms with Gasteiger partial charge in [0.05, 0.1) is 20.3 Å². The molecule has 2 aliphatic rings. The van der Waals surface area contributed by atoms with Crippen molar-refractivity contribution in [3.05, 3.63) is 24.3 Å². The molecule has 2 heterocycles. The molecule has 2 fully saturated rings. The van der Waals surface area contributed by atoms with E-state index in [2.05, 4.69) is 4.18 Å². The zero-order chi connectivity index (χ0) is 25.9. The van der Waals surface area contributed by atoms with Crippen LogP contribution in [0.15, 0.2) is 24.3 Å². The van der Waals surface area contributed by atoms with Crippen LogP contribution in [0.25, 0.3) is 0 Å². The summed E-state index contributed by atoms with van der Waals surface area (Å²) in [4.78, 5) is 0. The smallest absolute Gasteiger partial charge is 0.726 e. The van der Waals surface area contributed by atoms with Gasteiger partial charge in [-0.2, -0.15) is 0 Å². The molecule has 0 aliphatic carbocycles. The van der Waals surface area contributed by atoms with E-state index < -0.39 is 85.0 Å². The molecule has 2 saturated heterocycles. The van der Waals surface area contributed by atoms with Crippen LogP contribution in [0, 0.1) is 0 Å². The summed E-state index contributed by atoms with van der Waals surface area (Å²) in [5, 5.41) is 60.9. The van der Waals surface area contributed by atoms with E-state index in [-0.39, 0.29) is 35.3 Å². The molecule has 2 aliphatic heterocycles. The maximum absolute atomic E-state index is 10.9. The van der Waals surface area contributed by atoms with Gasteiger partial charge in [0, 0.05) is 0 Å². The van der Waals surface area contributed by atoms with E-state index in [1.165, 1.54) is 19.2 Å². The second-order valence-corrected chi connectivity index (χ2v) is 8.79. The van der Waals surface area contributed by atoms with Crippen LogP contribution in [0.4, 0.5) is 0 Å². The van der Waals surface area contributed by atoms with Crippen LogP contribution in [0.2, 0.25) is 0 Å². The Morgan fingerprint density at radius 1 is 0.833 bits per heavy atom. The van der Waals surface area contributed by atoms with Crippen LogP contribution < -0.4 is 39.0 Å². The van der Waals surface area contributed by atoms with Crippen molar-refractivity contribution in [2.24, 2.45) is 0 Å². The van der Waals surface area contributed by atoms with E-state index in [0.717, 1.165) is 0 Å². The second kappa shape index (κ2) is 13.4. The van der Waals surface area contributed by atoms with Gasteiger partial charge in [0.15, 0.2) is 6.29 Å². The Morgan fingerprint density at radius 3 is 1.92 bits per heavy atom. The molecule has 6 N–H and O–H groups in total. The van der Waals surface area contributed by atoms with Gasteiger partial charge in [0.25, 0.3) is 0 Å². The van der Waals surface area contributed by atoms with Gasteiger partial charge in [-0.05, 0) is 24.3 Å². The largest absolute Gasteiger partial charge is 1.00 e. The average molecular weight is 550 g/mol. The van der Waals surface area contributed by atoms with E-state index in [9.17, 15) is 43.6 Å². The minimum atomic E-state index is -5.34. The molecule has 3 rings (SSSR count). The molecule has 1 aromatic rings. The van der Waals surface area contributed by atoms with Gasteiger partial charge in [-0.3, -0.25) is 4.18 Å². The first kappa shape index (κ1) is 31.5. The molecule has 0 radical (unpaired) electrons. The third kappa shape index (κ3) is 7.46. The topological polar surface area (TPSA) is 234 Å². The third-order valence-corrected chi connectivity index (χ3v) is 5.93. The first-order valence-corrected chi connectivity index (χ1v) is 11.7. The Bertz CT molecular complexity index is 916. The molecule has 10 atom stereocenters. The molecule has 0 spiro atoms. The normalized spacial score (nSPS) is 37.1. The molecule has 200 valence electrons. The van der Waals surface area contributed by atoms with E-state index in [1.54, 1.807) is 12.1 Å². The molecule has 0 amide bonds. The monoisotopic (exact) mass is 550 g/mol. The molecule has 0 saturated carbocycles. The van der Waals surface area contributed by atoms with E-state index >= 15 is 0 Å². The minimum absolute atomic E-state index is 0. The fourth-order valence-electron chi connectivity index (χ4n) is 3.67. The molecular weight excluding hydrogens is 523 g/mol. The van der Waals surface area contributed by atoms with Gasteiger partial charge in [-0.25, -0.2) is 8.42 Å². The Balaban J connectivity index is 0.00000456. The quantitative estimate of drug-likeness (QED) is 0.0952. The number of aliphatic hydroxyl groups is 6. The van der Waals surface area contributed by atoms with Crippen molar-refractivity contribution in [2.45, 2.75) is 61.4 Å². The number of methoxy groups -OCH3 is 1. The van der Waals surface area contributed by atoms with Crippen molar-refractivity contribution < 1.29 is 101 Å². The summed E-state index contributed by atoms with van der Waals surface area (Å²) in [6.45, 7) is -1.67. The fraction of sp³-hybridized carbons (Fsp3) is 0.684. The maximum Gasteiger partial charge on any atom is 1.00 e. The third-order valence-electron chi connectivity index (χ3n) is 5.47. The maximum atomic E-state index is 10.9. The number of hydrogen-bond donors (Lipinski definition) is 6. The van der Waals surface area contributed by atoms with Crippen LogP contribution in [-0.4, -0.2) is 125 Å². The molecule has 0 aromatic heterocycles. The van der Waals surface area contributed by atoms with Crippen molar-refractivity contribution in [1.29, 1.82) is 0 Å². The predicted octanol–water partition coefficient (Wildman–Crippen LogP) is -6.81. The molecule has 15 nitrogen and oxygen atoms in total. The zero-order valence-corrected chi connectivity index (χ0v) is 22.1. The Morgan fingerprint density at radius 2 is 1.39 bits per heavy atom. The first-order valence-electron chi connectivity index (χ1n) is 10.3. The summed E-state index contributed by atoms with van der Waals surface area (Å²) < 4.78 is 63.7. The molecule has 36 heavy (non-hydrogen) atoms. The zero-order valence-electron chi connectivity index (χ0n) is 19.3. The van der Waals surface area contributed by atoms with Crippen molar-refractivity contribution in [2.75, 3.05) is 20.3 Å². The van der Waals surface area contributed by atoms with Crippen LogP contribution in [0.1, 0.15) is 0 Å². The Kier molecular flexibility index (Phi) is 11.8. The van der Waals surface area contributed by atoms with Gasteiger partial charge in [0.2, 0.25) is 16.7 Å². The fourth-order valence-corrected chi connectivity index (χ4v) is 4.18. The van der Waals surface area contributed by atoms with Gasteiger partial charge in [-0.1, -0.05) is 0 Å². The van der Waals surface area contributed by atoms with Crippen LogP contribution >= 0.6 is 0 Å². The molecule has 0 bridgehead atoms. The predicted molar refractivity (Wildman–Crippen MR) is 109 cm³/mol. The minimum Gasteiger partial charge on any atom is -0.726 e. The number of aliphatic hydroxyl groups excluding tert-OH is 6. The SMILES string of the molecule is COc1ccc(O[C@@H]2O[C@H](CO)[C@H](O)[C@H](O[C@@H]3O[C@H](CO)[C@H](OS(=O)(=O)[O-])[C@H](O)[C@H]3O)[C@H]2O)cc1.[Na+]. The second-order valence-electron chi connectivity index (χ2n) is 7.78. The van der Waals surface area contributed by atoms with Crippen LogP contribution in [-0.2, 0) is 28.8 Å². The summed E-state index contributed by atoms with van der Waals surface area (Å²) in [5.74, 6) is 0.755. The van der Waals surface area contributed by atoms with Crippen molar-refractivity contribution >= 4 is 10.4 Å². The number of ether oxygens (including phenoxy) is 5. The summed E-state index contributed by atoms with van der Waals surface area (Å²) in [6, 6.07) is 6.15. The first-order chi connectivity index (χ1) is 16.5. The van der Waals surface area contributed by atoms with E-state index in [1.807, 2.05) is 0 Å². The summed E-state index contributed by atoms with van der Waals surface area (Å²) in [6.07, 6.45) is -17.4. The number of rotatable bonds is 9. The van der Waals surface area contributed by atoms with Crippen molar-refractivity contribution in [3.63, 3.8) is 0 Å². The molecule has 17 heteroatoms. The summed E-state index contributed by atoms with van der Waals surface area (Å²) in [5.41, 5.74) is 0. The standard InChI is InChI=1S/C19H28O15S.Na/c1-29-8-2-4-9(5-3-8)30-19-15(25)17(12(22)10(6-20)31-19)33-18-14(24)13(23)16(11(7-21)32-18)34-35(26,27)28;/h2-5,10-25H,6-7H2,1H3,(H,26,27,28);/q;+1/p-1/t10-,11-,12+,13-,14-,15-,16+,17+,18+,19-;/m1./s1. The van der Waals surface area contributed by atoms with E-state index in [0.29, 0.717) is 5.75 Å². The number of hydrogen-bond acceptors (Lipinski definition) is 15.